The lowest BCUT2D eigenvalue weighted by atomic mass is 10.1. The first-order valence-corrected chi connectivity index (χ1v) is 5.83. The number of aryl methyl sites for hydroxylation is 2. The van der Waals surface area contributed by atoms with Crippen molar-refractivity contribution in [2.24, 2.45) is 7.05 Å². The zero-order valence-electron chi connectivity index (χ0n) is 10.8. The topological polar surface area (TPSA) is 93.2 Å². The smallest absolute Gasteiger partial charge is 0.335 e. The van der Waals surface area contributed by atoms with E-state index in [-0.39, 0.29) is 5.56 Å². The van der Waals surface area contributed by atoms with E-state index >= 15 is 0 Å². The Hall–Kier alpha value is -2.50. The van der Waals surface area contributed by atoms with Gasteiger partial charge in [0.1, 0.15) is 0 Å². The number of benzene rings is 1. The molecule has 1 aromatic carbocycles. The van der Waals surface area contributed by atoms with Crippen LogP contribution >= 0.6 is 0 Å². The minimum Gasteiger partial charge on any atom is -0.478 e. The van der Waals surface area contributed by atoms with Crippen molar-refractivity contribution in [1.29, 1.82) is 0 Å². The van der Waals surface area contributed by atoms with E-state index in [1.165, 1.54) is 12.1 Å². The molecule has 0 radical (unpaired) electrons. The molecular formula is C13H16N4O2. The van der Waals surface area contributed by atoms with Gasteiger partial charge >= 0.3 is 5.97 Å². The Labute approximate surface area is 110 Å². The standard InChI is InChI=1S/C13H16N4O2/c1-8-10(7-17(2)16-8)6-15-12-5-9(13(18)19)3-4-11(12)14/h3-5,7,15H,6,14H2,1-2H3,(H,18,19). The van der Waals surface area contributed by atoms with E-state index in [4.69, 9.17) is 10.8 Å². The second kappa shape index (κ2) is 5.01. The van der Waals surface area contributed by atoms with Crippen LogP contribution in [0.4, 0.5) is 11.4 Å². The number of carboxylic acids is 1. The molecule has 6 heteroatoms. The van der Waals surface area contributed by atoms with Crippen molar-refractivity contribution in [2.75, 3.05) is 11.1 Å². The van der Waals surface area contributed by atoms with Gasteiger partial charge in [0.05, 0.1) is 22.6 Å². The molecule has 2 rings (SSSR count). The largest absolute Gasteiger partial charge is 0.478 e. The zero-order chi connectivity index (χ0) is 14.0. The van der Waals surface area contributed by atoms with Crippen LogP contribution in [-0.4, -0.2) is 20.9 Å². The van der Waals surface area contributed by atoms with Crippen LogP contribution in [0.25, 0.3) is 0 Å². The predicted octanol–water partition coefficient (Wildman–Crippen LogP) is 1.62. The average Bonchev–Trinajstić information content (AvgIpc) is 2.66. The number of anilines is 2. The number of nitrogens with zero attached hydrogens (tertiary/aromatic N) is 2. The molecule has 4 N–H and O–H groups in total. The van der Waals surface area contributed by atoms with E-state index in [0.29, 0.717) is 17.9 Å². The minimum absolute atomic E-state index is 0.208. The first kappa shape index (κ1) is 12.9. The Morgan fingerprint density at radius 3 is 2.84 bits per heavy atom. The highest BCUT2D eigenvalue weighted by Gasteiger charge is 2.08. The summed E-state index contributed by atoms with van der Waals surface area (Å²) in [5, 5.41) is 16.3. The lowest BCUT2D eigenvalue weighted by Crippen LogP contribution is -2.05. The molecule has 0 fully saturated rings. The van der Waals surface area contributed by atoms with Crippen molar-refractivity contribution in [1.82, 2.24) is 9.78 Å². The van der Waals surface area contributed by atoms with Crippen molar-refractivity contribution >= 4 is 17.3 Å². The molecule has 0 unspecified atom stereocenters. The van der Waals surface area contributed by atoms with Gasteiger partial charge in [0, 0.05) is 25.4 Å². The Kier molecular flexibility index (Phi) is 3.41. The highest BCUT2D eigenvalue weighted by molar-refractivity contribution is 5.90. The highest BCUT2D eigenvalue weighted by Crippen LogP contribution is 2.21. The van der Waals surface area contributed by atoms with E-state index in [9.17, 15) is 4.79 Å². The van der Waals surface area contributed by atoms with Crippen molar-refractivity contribution < 1.29 is 9.90 Å². The summed E-state index contributed by atoms with van der Waals surface area (Å²) in [6.45, 7) is 2.47. The first-order chi connectivity index (χ1) is 8.97. The summed E-state index contributed by atoms with van der Waals surface area (Å²) in [7, 11) is 1.86. The summed E-state index contributed by atoms with van der Waals surface area (Å²) in [5.74, 6) is -0.972. The number of hydrogen-bond acceptors (Lipinski definition) is 4. The molecule has 0 saturated carbocycles. The predicted molar refractivity (Wildman–Crippen MR) is 73.1 cm³/mol. The van der Waals surface area contributed by atoms with E-state index in [1.54, 1.807) is 10.7 Å². The van der Waals surface area contributed by atoms with Gasteiger partial charge in [-0.05, 0) is 25.1 Å². The third-order valence-corrected chi connectivity index (χ3v) is 2.88. The maximum Gasteiger partial charge on any atom is 0.335 e. The molecule has 0 bridgehead atoms. The zero-order valence-corrected chi connectivity index (χ0v) is 10.8. The number of aromatic nitrogens is 2. The summed E-state index contributed by atoms with van der Waals surface area (Å²) in [5.41, 5.74) is 9.14. The molecule has 0 atom stereocenters. The molecule has 0 aliphatic rings. The van der Waals surface area contributed by atoms with Crippen LogP contribution in [0, 0.1) is 6.92 Å². The second-order valence-corrected chi connectivity index (χ2v) is 4.37. The van der Waals surface area contributed by atoms with E-state index in [0.717, 1.165) is 11.3 Å². The third-order valence-electron chi connectivity index (χ3n) is 2.88. The van der Waals surface area contributed by atoms with Crippen LogP contribution < -0.4 is 11.1 Å². The molecular weight excluding hydrogens is 244 g/mol. The fourth-order valence-electron chi connectivity index (χ4n) is 1.86. The van der Waals surface area contributed by atoms with E-state index in [1.807, 2.05) is 20.2 Å². The van der Waals surface area contributed by atoms with Crippen molar-refractivity contribution in [3.63, 3.8) is 0 Å². The quantitative estimate of drug-likeness (QED) is 0.726. The monoisotopic (exact) mass is 260 g/mol. The number of carboxylic acid groups (broad SMARTS) is 1. The van der Waals surface area contributed by atoms with Crippen LogP contribution in [-0.2, 0) is 13.6 Å². The lowest BCUT2D eigenvalue weighted by Gasteiger charge is -2.09. The number of aromatic carboxylic acids is 1. The van der Waals surface area contributed by atoms with Crippen LogP contribution in [0.1, 0.15) is 21.6 Å². The Morgan fingerprint density at radius 2 is 2.26 bits per heavy atom. The van der Waals surface area contributed by atoms with Crippen molar-refractivity contribution in [3.05, 3.63) is 41.2 Å². The molecule has 0 saturated heterocycles. The molecule has 0 spiro atoms. The van der Waals surface area contributed by atoms with Gasteiger partial charge in [-0.2, -0.15) is 5.10 Å². The van der Waals surface area contributed by atoms with Gasteiger partial charge in [-0.3, -0.25) is 4.68 Å². The molecule has 0 aliphatic heterocycles. The van der Waals surface area contributed by atoms with Crippen molar-refractivity contribution in [3.8, 4) is 0 Å². The van der Waals surface area contributed by atoms with E-state index < -0.39 is 5.97 Å². The molecule has 0 amide bonds. The van der Waals surface area contributed by atoms with E-state index in [2.05, 4.69) is 10.4 Å². The molecule has 6 nitrogen and oxygen atoms in total. The van der Waals surface area contributed by atoms with Gasteiger partial charge in [0.15, 0.2) is 0 Å². The Bertz CT molecular complexity index is 619. The number of nitrogen functional groups attached to an aromatic ring is 1. The van der Waals surface area contributed by atoms with Gasteiger partial charge < -0.3 is 16.2 Å². The van der Waals surface area contributed by atoms with Crippen molar-refractivity contribution in [2.45, 2.75) is 13.5 Å². The SMILES string of the molecule is Cc1nn(C)cc1CNc1cc(C(=O)O)ccc1N. The molecule has 2 aromatic rings. The summed E-state index contributed by atoms with van der Waals surface area (Å²) < 4.78 is 1.74. The van der Waals surface area contributed by atoms with Gasteiger partial charge in [0.25, 0.3) is 0 Å². The highest BCUT2D eigenvalue weighted by atomic mass is 16.4. The minimum atomic E-state index is -0.972. The average molecular weight is 260 g/mol. The van der Waals surface area contributed by atoms with Crippen LogP contribution in [0.5, 0.6) is 0 Å². The Balaban J connectivity index is 2.17. The first-order valence-electron chi connectivity index (χ1n) is 5.83. The number of nitrogens with two attached hydrogens (primary N) is 1. The molecule has 0 aliphatic carbocycles. The van der Waals surface area contributed by atoms with Gasteiger partial charge in [0.2, 0.25) is 0 Å². The number of nitrogens with one attached hydrogen (secondary N) is 1. The molecule has 1 heterocycles. The summed E-state index contributed by atoms with van der Waals surface area (Å²) in [4.78, 5) is 10.9. The summed E-state index contributed by atoms with van der Waals surface area (Å²) in [6, 6.07) is 4.60. The third kappa shape index (κ3) is 2.85. The number of carbonyl (C=O) groups is 1. The van der Waals surface area contributed by atoms with Crippen LogP contribution in [0.3, 0.4) is 0 Å². The van der Waals surface area contributed by atoms with Gasteiger partial charge in [-0.1, -0.05) is 0 Å². The summed E-state index contributed by atoms with van der Waals surface area (Å²) >= 11 is 0. The maximum atomic E-state index is 10.9. The summed E-state index contributed by atoms with van der Waals surface area (Å²) in [6.07, 6.45) is 1.92. The maximum absolute atomic E-state index is 10.9. The number of hydrogen-bond donors (Lipinski definition) is 3. The Morgan fingerprint density at radius 1 is 1.53 bits per heavy atom. The normalized spacial score (nSPS) is 10.4. The molecule has 1 aromatic heterocycles. The lowest BCUT2D eigenvalue weighted by molar-refractivity contribution is 0.0697. The molecule has 19 heavy (non-hydrogen) atoms. The van der Waals surface area contributed by atoms with Crippen LogP contribution in [0.2, 0.25) is 0 Å². The van der Waals surface area contributed by atoms with Crippen LogP contribution in [0.15, 0.2) is 24.4 Å². The van der Waals surface area contributed by atoms with Gasteiger partial charge in [-0.15, -0.1) is 0 Å². The fraction of sp³-hybridized carbons (Fsp3) is 0.231. The fourth-order valence-corrected chi connectivity index (χ4v) is 1.86. The number of rotatable bonds is 4. The van der Waals surface area contributed by atoms with Gasteiger partial charge in [-0.25, -0.2) is 4.79 Å². The molecule has 100 valence electrons. The second-order valence-electron chi connectivity index (χ2n) is 4.37.